The number of halogens is 1. The summed E-state index contributed by atoms with van der Waals surface area (Å²) in [6.45, 7) is -0.582. The van der Waals surface area contributed by atoms with Gasteiger partial charge in [-0.15, -0.1) is 0 Å². The number of rotatable bonds is 11. The van der Waals surface area contributed by atoms with Crippen molar-refractivity contribution in [1.29, 1.82) is 0 Å². The second kappa shape index (κ2) is 13.0. The summed E-state index contributed by atoms with van der Waals surface area (Å²) in [4.78, 5) is 35.6. The number of methoxy groups -OCH3 is 4. The minimum Gasteiger partial charge on any atom is -0.493 e. The Bertz CT molecular complexity index is 1070. The van der Waals surface area contributed by atoms with E-state index in [1.54, 1.807) is 24.3 Å². The van der Waals surface area contributed by atoms with Gasteiger partial charge in [0.15, 0.2) is 29.6 Å². The third-order valence-electron chi connectivity index (χ3n) is 4.27. The maximum absolute atomic E-state index is 12.3. The van der Waals surface area contributed by atoms with Crippen molar-refractivity contribution in [3.8, 4) is 23.0 Å². The Labute approximate surface area is 204 Å². The molecule has 0 aliphatic carbocycles. The van der Waals surface area contributed by atoms with E-state index in [0.717, 1.165) is 0 Å². The summed E-state index contributed by atoms with van der Waals surface area (Å²) in [7, 11) is 5.65. The van der Waals surface area contributed by atoms with Crippen molar-refractivity contribution in [2.24, 2.45) is 5.10 Å². The van der Waals surface area contributed by atoms with Gasteiger partial charge in [0.2, 0.25) is 0 Å². The van der Waals surface area contributed by atoms with E-state index in [0.29, 0.717) is 38.6 Å². The molecule has 0 fully saturated rings. The van der Waals surface area contributed by atoms with E-state index in [9.17, 15) is 14.4 Å². The lowest BCUT2D eigenvalue weighted by molar-refractivity contribution is -0.143. The average Bonchev–Trinajstić information content (AvgIpc) is 2.85. The minimum absolute atomic E-state index is 0.288. The van der Waals surface area contributed by atoms with Gasteiger partial charge in [-0.2, -0.15) is 5.10 Å². The molecule has 0 spiro atoms. The highest BCUT2D eigenvalue weighted by Crippen LogP contribution is 2.36. The molecule has 0 saturated carbocycles. The topological polar surface area (TPSA) is 134 Å². The first-order valence-corrected chi connectivity index (χ1v) is 10.5. The lowest BCUT2D eigenvalue weighted by Crippen LogP contribution is -2.34. The van der Waals surface area contributed by atoms with Crippen LogP contribution in [-0.4, -0.2) is 65.6 Å². The van der Waals surface area contributed by atoms with Crippen LogP contribution in [0.4, 0.5) is 0 Å². The van der Waals surface area contributed by atoms with Crippen LogP contribution in [0.1, 0.15) is 15.9 Å². The Hall–Kier alpha value is -3.80. The second-order valence-electron chi connectivity index (χ2n) is 6.44. The lowest BCUT2D eigenvalue weighted by Gasteiger charge is -2.12. The molecule has 0 unspecified atom stereocenters. The number of hydrogen-bond donors (Lipinski definition) is 2. The summed E-state index contributed by atoms with van der Waals surface area (Å²) in [6.07, 6.45) is 1.38. The van der Waals surface area contributed by atoms with Crippen molar-refractivity contribution in [3.63, 3.8) is 0 Å². The van der Waals surface area contributed by atoms with Crippen LogP contribution < -0.4 is 29.7 Å². The quantitative estimate of drug-likeness (QED) is 0.252. The predicted octanol–water partition coefficient (Wildman–Crippen LogP) is 1.91. The average molecular weight is 538 g/mol. The summed E-state index contributed by atoms with van der Waals surface area (Å²) in [5.74, 6) is -0.00360. The molecule has 2 aromatic carbocycles. The van der Waals surface area contributed by atoms with Gasteiger partial charge in [-0.05, 0) is 51.8 Å². The Balaban J connectivity index is 1.93. The Kier molecular flexibility index (Phi) is 10.1. The minimum atomic E-state index is -0.541. The molecule has 2 aromatic rings. The number of esters is 1. The number of carbonyl (C=O) groups excluding carboxylic acids is 3. The van der Waals surface area contributed by atoms with Crippen molar-refractivity contribution in [3.05, 3.63) is 45.9 Å². The van der Waals surface area contributed by atoms with Gasteiger partial charge in [-0.25, -0.2) is 10.2 Å². The first kappa shape index (κ1) is 26.5. The number of amides is 2. The van der Waals surface area contributed by atoms with Crippen LogP contribution >= 0.6 is 15.9 Å². The van der Waals surface area contributed by atoms with Crippen molar-refractivity contribution >= 4 is 39.9 Å². The van der Waals surface area contributed by atoms with Gasteiger partial charge >= 0.3 is 5.97 Å². The highest BCUT2D eigenvalue weighted by Gasteiger charge is 2.14. The number of nitrogens with one attached hydrogen (secondary N) is 2. The van der Waals surface area contributed by atoms with E-state index >= 15 is 0 Å². The zero-order chi connectivity index (χ0) is 25.1. The predicted molar refractivity (Wildman–Crippen MR) is 126 cm³/mol. The number of ether oxygens (including phenoxy) is 5. The van der Waals surface area contributed by atoms with Gasteiger partial charge in [0, 0.05) is 5.56 Å². The highest BCUT2D eigenvalue weighted by atomic mass is 79.9. The van der Waals surface area contributed by atoms with E-state index in [1.807, 2.05) is 0 Å². The van der Waals surface area contributed by atoms with Crippen molar-refractivity contribution in [2.75, 3.05) is 41.6 Å². The molecule has 0 saturated heterocycles. The van der Waals surface area contributed by atoms with Gasteiger partial charge in [-0.3, -0.25) is 9.59 Å². The van der Waals surface area contributed by atoms with Crippen LogP contribution in [-0.2, 0) is 14.3 Å². The Morgan fingerprint density at radius 1 is 0.971 bits per heavy atom. The molecule has 2 N–H and O–H groups in total. The highest BCUT2D eigenvalue weighted by molar-refractivity contribution is 9.10. The molecule has 182 valence electrons. The van der Waals surface area contributed by atoms with Gasteiger partial charge in [0.05, 0.1) is 45.7 Å². The smallest absolute Gasteiger partial charge is 0.343 e. The first-order valence-electron chi connectivity index (χ1n) is 9.72. The fourth-order valence-electron chi connectivity index (χ4n) is 2.60. The molecule has 12 heteroatoms. The van der Waals surface area contributed by atoms with Crippen molar-refractivity contribution < 1.29 is 38.1 Å². The van der Waals surface area contributed by atoms with Gasteiger partial charge in [0.1, 0.15) is 0 Å². The van der Waals surface area contributed by atoms with Crippen LogP contribution in [0, 0.1) is 0 Å². The molecule has 2 amide bonds. The Morgan fingerprint density at radius 2 is 1.68 bits per heavy atom. The van der Waals surface area contributed by atoms with Crippen LogP contribution in [0.15, 0.2) is 39.9 Å². The third-order valence-corrected chi connectivity index (χ3v) is 4.86. The summed E-state index contributed by atoms with van der Waals surface area (Å²) < 4.78 is 26.0. The van der Waals surface area contributed by atoms with E-state index in [2.05, 4.69) is 36.5 Å². The number of benzene rings is 2. The zero-order valence-corrected chi connectivity index (χ0v) is 20.6. The molecule has 0 aliphatic rings. The molecule has 34 heavy (non-hydrogen) atoms. The lowest BCUT2D eigenvalue weighted by atomic mass is 10.2. The number of hydrazone groups is 1. The molecule has 0 atom stereocenters. The maximum atomic E-state index is 12.3. The van der Waals surface area contributed by atoms with Crippen molar-refractivity contribution in [2.45, 2.75) is 0 Å². The van der Waals surface area contributed by atoms with Crippen LogP contribution in [0.5, 0.6) is 23.0 Å². The molecule has 0 bridgehead atoms. The van der Waals surface area contributed by atoms with Gasteiger partial charge in [-0.1, -0.05) is 0 Å². The number of carbonyl (C=O) groups is 3. The first-order chi connectivity index (χ1) is 16.3. The maximum Gasteiger partial charge on any atom is 0.343 e. The summed E-state index contributed by atoms with van der Waals surface area (Å²) in [5.41, 5.74) is 3.20. The van der Waals surface area contributed by atoms with E-state index in [-0.39, 0.29) is 13.2 Å². The normalized spacial score (nSPS) is 10.4. The second-order valence-corrected chi connectivity index (χ2v) is 7.30. The summed E-state index contributed by atoms with van der Waals surface area (Å²) in [5, 5.41) is 6.37. The molecule has 11 nitrogen and oxygen atoms in total. The molecular formula is C22H24BrN3O8. The van der Waals surface area contributed by atoms with E-state index < -0.39 is 17.8 Å². The summed E-state index contributed by atoms with van der Waals surface area (Å²) >= 11 is 3.34. The van der Waals surface area contributed by atoms with Crippen LogP contribution in [0.25, 0.3) is 0 Å². The summed E-state index contributed by atoms with van der Waals surface area (Å²) in [6, 6.07) is 7.91. The largest absolute Gasteiger partial charge is 0.493 e. The van der Waals surface area contributed by atoms with Gasteiger partial charge < -0.3 is 29.0 Å². The molecule has 0 radical (unpaired) electrons. The molecule has 0 heterocycles. The monoisotopic (exact) mass is 537 g/mol. The van der Waals surface area contributed by atoms with Crippen LogP contribution in [0.2, 0.25) is 0 Å². The fourth-order valence-corrected chi connectivity index (χ4v) is 3.18. The number of nitrogens with zero attached hydrogens (tertiary/aromatic N) is 1. The third kappa shape index (κ3) is 7.37. The zero-order valence-electron chi connectivity index (χ0n) is 19.0. The van der Waals surface area contributed by atoms with E-state index in [1.165, 1.54) is 40.7 Å². The molecule has 0 aromatic heterocycles. The molecular weight excluding hydrogens is 514 g/mol. The van der Waals surface area contributed by atoms with Gasteiger partial charge in [0.25, 0.3) is 11.8 Å². The SMILES string of the molecule is COC(=O)COc1c(Br)cc(/C=N/NC(=O)CNC(=O)c2ccc(OC)c(OC)c2)cc1OC. The van der Waals surface area contributed by atoms with Crippen molar-refractivity contribution in [1.82, 2.24) is 10.7 Å². The standard InChI is InChI=1S/C22H24BrN3O8/c1-30-16-6-5-14(9-17(16)31-2)22(29)24-11-19(27)26-25-10-13-7-15(23)21(18(8-13)32-3)34-12-20(28)33-4/h5-10H,11-12H2,1-4H3,(H,24,29)(H,26,27)/b25-10+. The van der Waals surface area contributed by atoms with E-state index in [4.69, 9.17) is 18.9 Å². The Morgan fingerprint density at radius 3 is 2.32 bits per heavy atom. The molecule has 0 aliphatic heterocycles. The molecule has 2 rings (SSSR count). The van der Waals surface area contributed by atoms with Crippen LogP contribution in [0.3, 0.4) is 0 Å². The number of hydrogen-bond acceptors (Lipinski definition) is 9. The fraction of sp³-hybridized carbons (Fsp3) is 0.273.